The second-order valence-electron chi connectivity index (χ2n) is 5.72. The van der Waals surface area contributed by atoms with Gasteiger partial charge in [-0.15, -0.1) is 0 Å². The summed E-state index contributed by atoms with van der Waals surface area (Å²) in [6, 6.07) is 8.03. The average molecular weight is 291 g/mol. The first-order valence-electron chi connectivity index (χ1n) is 6.11. The minimum absolute atomic E-state index is 0.0123. The standard InChI is InChI=1S/C14H17N3O2S/c1-14(2,3)6-7-20(18,19)17-13-5-4-11(9-15)12(8-13)10-16/h4-5,8,17H,6-7H2,1-3H3. The van der Waals surface area contributed by atoms with Gasteiger partial charge in [-0.1, -0.05) is 20.8 Å². The Kier molecular flexibility index (Phi) is 4.75. The summed E-state index contributed by atoms with van der Waals surface area (Å²) < 4.78 is 26.3. The van der Waals surface area contributed by atoms with Crippen molar-refractivity contribution in [1.82, 2.24) is 0 Å². The predicted molar refractivity (Wildman–Crippen MR) is 77.4 cm³/mol. The number of nitriles is 2. The summed E-state index contributed by atoms with van der Waals surface area (Å²) in [5.74, 6) is 0.0123. The normalized spacial score (nSPS) is 11.4. The summed E-state index contributed by atoms with van der Waals surface area (Å²) in [6.45, 7) is 5.91. The van der Waals surface area contributed by atoms with Gasteiger partial charge in [-0.3, -0.25) is 4.72 Å². The maximum Gasteiger partial charge on any atom is 0.232 e. The lowest BCUT2D eigenvalue weighted by Crippen LogP contribution is -2.21. The van der Waals surface area contributed by atoms with Crippen molar-refractivity contribution < 1.29 is 8.42 Å². The third-order valence-electron chi connectivity index (χ3n) is 2.65. The van der Waals surface area contributed by atoms with Gasteiger partial charge in [0.25, 0.3) is 0 Å². The summed E-state index contributed by atoms with van der Waals surface area (Å²) in [5.41, 5.74) is 0.611. The zero-order chi connectivity index (χ0) is 15.4. The molecule has 0 radical (unpaired) electrons. The van der Waals surface area contributed by atoms with E-state index < -0.39 is 10.0 Å². The van der Waals surface area contributed by atoms with E-state index in [-0.39, 0.29) is 22.3 Å². The topological polar surface area (TPSA) is 93.8 Å². The van der Waals surface area contributed by atoms with Crippen molar-refractivity contribution in [3.05, 3.63) is 29.3 Å². The minimum atomic E-state index is -3.45. The monoisotopic (exact) mass is 291 g/mol. The van der Waals surface area contributed by atoms with Gasteiger partial charge in [0, 0.05) is 5.69 Å². The van der Waals surface area contributed by atoms with E-state index in [2.05, 4.69) is 4.72 Å². The molecular formula is C14H17N3O2S. The molecule has 0 atom stereocenters. The minimum Gasteiger partial charge on any atom is -0.284 e. The number of hydrogen-bond donors (Lipinski definition) is 1. The van der Waals surface area contributed by atoms with Crippen LogP contribution in [0, 0.1) is 28.1 Å². The fourth-order valence-electron chi connectivity index (χ4n) is 1.47. The van der Waals surface area contributed by atoms with Crippen molar-refractivity contribution in [1.29, 1.82) is 10.5 Å². The van der Waals surface area contributed by atoms with Crippen LogP contribution in [0.1, 0.15) is 38.3 Å². The van der Waals surface area contributed by atoms with Crippen LogP contribution in [-0.2, 0) is 10.0 Å². The molecule has 0 fully saturated rings. The van der Waals surface area contributed by atoms with Crippen LogP contribution < -0.4 is 4.72 Å². The van der Waals surface area contributed by atoms with Crippen molar-refractivity contribution in [2.45, 2.75) is 27.2 Å². The molecule has 0 heterocycles. The van der Waals surface area contributed by atoms with E-state index in [1.807, 2.05) is 32.9 Å². The highest BCUT2D eigenvalue weighted by Crippen LogP contribution is 2.21. The fourth-order valence-corrected chi connectivity index (χ4v) is 2.94. The van der Waals surface area contributed by atoms with E-state index >= 15 is 0 Å². The van der Waals surface area contributed by atoms with Crippen LogP contribution in [-0.4, -0.2) is 14.2 Å². The van der Waals surface area contributed by atoms with Crippen LogP contribution in [0.2, 0.25) is 0 Å². The number of hydrogen-bond acceptors (Lipinski definition) is 4. The molecule has 0 aliphatic carbocycles. The number of benzene rings is 1. The number of nitrogens with zero attached hydrogens (tertiary/aromatic N) is 2. The van der Waals surface area contributed by atoms with E-state index in [1.165, 1.54) is 18.2 Å². The number of nitrogens with one attached hydrogen (secondary N) is 1. The molecule has 0 aromatic heterocycles. The first-order valence-corrected chi connectivity index (χ1v) is 7.77. The van der Waals surface area contributed by atoms with E-state index in [0.29, 0.717) is 12.1 Å². The maximum atomic E-state index is 11.9. The molecule has 0 aliphatic rings. The van der Waals surface area contributed by atoms with Crippen LogP contribution in [0.15, 0.2) is 18.2 Å². The summed E-state index contributed by atoms with van der Waals surface area (Å²) in [5, 5.41) is 17.7. The zero-order valence-electron chi connectivity index (χ0n) is 11.8. The van der Waals surface area contributed by atoms with Gasteiger partial charge in [0.1, 0.15) is 12.1 Å². The summed E-state index contributed by atoms with van der Waals surface area (Å²) in [4.78, 5) is 0. The maximum absolute atomic E-state index is 11.9. The van der Waals surface area contributed by atoms with Gasteiger partial charge in [-0.2, -0.15) is 10.5 Å². The van der Waals surface area contributed by atoms with E-state index in [9.17, 15) is 8.42 Å². The van der Waals surface area contributed by atoms with Crippen LogP contribution in [0.25, 0.3) is 0 Å². The lowest BCUT2D eigenvalue weighted by molar-refractivity contribution is 0.397. The molecule has 0 bridgehead atoms. The molecular weight excluding hydrogens is 274 g/mol. The van der Waals surface area contributed by atoms with Crippen molar-refractivity contribution >= 4 is 15.7 Å². The van der Waals surface area contributed by atoms with E-state index in [0.717, 1.165) is 0 Å². The zero-order valence-corrected chi connectivity index (χ0v) is 12.6. The Hall–Kier alpha value is -2.05. The number of sulfonamides is 1. The smallest absolute Gasteiger partial charge is 0.232 e. The molecule has 20 heavy (non-hydrogen) atoms. The molecule has 0 unspecified atom stereocenters. The lowest BCUT2D eigenvalue weighted by Gasteiger charge is -2.18. The second kappa shape index (κ2) is 5.94. The summed E-state index contributed by atoms with van der Waals surface area (Å²) >= 11 is 0. The van der Waals surface area contributed by atoms with Gasteiger partial charge in [0.05, 0.1) is 16.9 Å². The van der Waals surface area contributed by atoms with Gasteiger partial charge in [0.15, 0.2) is 0 Å². The molecule has 0 saturated carbocycles. The van der Waals surface area contributed by atoms with Crippen molar-refractivity contribution in [3.63, 3.8) is 0 Å². The highest BCUT2D eigenvalue weighted by molar-refractivity contribution is 7.92. The van der Waals surface area contributed by atoms with Crippen molar-refractivity contribution in [2.24, 2.45) is 5.41 Å². The van der Waals surface area contributed by atoms with E-state index in [1.54, 1.807) is 0 Å². The SMILES string of the molecule is CC(C)(C)CCS(=O)(=O)Nc1ccc(C#N)c(C#N)c1. The fraction of sp³-hybridized carbons (Fsp3) is 0.429. The van der Waals surface area contributed by atoms with Gasteiger partial charge in [0.2, 0.25) is 10.0 Å². The Balaban J connectivity index is 2.89. The second-order valence-corrected chi connectivity index (χ2v) is 7.56. The molecule has 1 N–H and O–H groups in total. The van der Waals surface area contributed by atoms with Crippen LogP contribution in [0.5, 0.6) is 0 Å². The highest BCUT2D eigenvalue weighted by Gasteiger charge is 2.17. The first-order chi connectivity index (χ1) is 9.17. The van der Waals surface area contributed by atoms with Crippen LogP contribution in [0.3, 0.4) is 0 Å². The predicted octanol–water partition coefficient (Wildman–Crippen LogP) is 2.61. The third-order valence-corrected chi connectivity index (χ3v) is 3.94. The Morgan fingerprint density at radius 2 is 1.75 bits per heavy atom. The van der Waals surface area contributed by atoms with Gasteiger partial charge < -0.3 is 0 Å². The number of rotatable bonds is 4. The molecule has 0 spiro atoms. The van der Waals surface area contributed by atoms with Crippen molar-refractivity contribution in [3.8, 4) is 12.1 Å². The Morgan fingerprint density at radius 1 is 1.15 bits per heavy atom. The molecule has 1 aromatic rings. The van der Waals surface area contributed by atoms with E-state index in [4.69, 9.17) is 10.5 Å². The summed E-state index contributed by atoms with van der Waals surface area (Å²) in [6.07, 6.45) is 0.531. The first kappa shape index (κ1) is 16.0. The lowest BCUT2D eigenvalue weighted by atomic mass is 9.94. The van der Waals surface area contributed by atoms with Crippen LogP contribution >= 0.6 is 0 Å². The Bertz CT molecular complexity index is 674. The molecule has 5 nitrogen and oxygen atoms in total. The van der Waals surface area contributed by atoms with Gasteiger partial charge in [-0.25, -0.2) is 8.42 Å². The summed E-state index contributed by atoms with van der Waals surface area (Å²) in [7, 11) is -3.45. The average Bonchev–Trinajstić information content (AvgIpc) is 2.35. The molecule has 0 aliphatic heterocycles. The molecule has 1 rings (SSSR count). The van der Waals surface area contributed by atoms with Crippen molar-refractivity contribution in [2.75, 3.05) is 10.5 Å². The molecule has 106 valence electrons. The Morgan fingerprint density at radius 3 is 2.25 bits per heavy atom. The quantitative estimate of drug-likeness (QED) is 0.922. The van der Waals surface area contributed by atoms with Gasteiger partial charge >= 0.3 is 0 Å². The highest BCUT2D eigenvalue weighted by atomic mass is 32.2. The van der Waals surface area contributed by atoms with Gasteiger partial charge in [-0.05, 0) is 30.0 Å². The third kappa shape index (κ3) is 4.91. The molecule has 0 saturated heterocycles. The largest absolute Gasteiger partial charge is 0.284 e. The Labute approximate surface area is 119 Å². The number of anilines is 1. The molecule has 6 heteroatoms. The van der Waals surface area contributed by atoms with Crippen LogP contribution in [0.4, 0.5) is 5.69 Å². The molecule has 0 amide bonds. The molecule has 1 aromatic carbocycles.